The maximum Gasteiger partial charge on any atom is 0.249 e. The van der Waals surface area contributed by atoms with E-state index in [0.717, 1.165) is 45.5 Å². The molecular formula is C16H24N2O2. The Balaban J connectivity index is 1.57. The monoisotopic (exact) mass is 276 g/mol. The summed E-state index contributed by atoms with van der Waals surface area (Å²) in [5.41, 5.74) is 1.32. The summed E-state index contributed by atoms with van der Waals surface area (Å²) in [5.74, 6) is 0.0493. The zero-order chi connectivity index (χ0) is 14.2. The van der Waals surface area contributed by atoms with E-state index in [1.54, 1.807) is 0 Å². The first kappa shape index (κ1) is 15.0. The molecule has 1 heterocycles. The van der Waals surface area contributed by atoms with Crippen LogP contribution in [0.2, 0.25) is 0 Å². The summed E-state index contributed by atoms with van der Waals surface area (Å²) in [6.45, 7) is 3.36. The van der Waals surface area contributed by atoms with Crippen molar-refractivity contribution < 1.29 is 9.53 Å². The van der Waals surface area contributed by atoms with Crippen LogP contribution < -0.4 is 5.32 Å². The van der Waals surface area contributed by atoms with Crippen LogP contribution in [-0.4, -0.2) is 43.7 Å². The molecule has 20 heavy (non-hydrogen) atoms. The Morgan fingerprint density at radius 2 is 2.20 bits per heavy atom. The van der Waals surface area contributed by atoms with E-state index in [4.69, 9.17) is 4.74 Å². The van der Waals surface area contributed by atoms with Gasteiger partial charge in [-0.3, -0.25) is 4.79 Å². The second-order valence-corrected chi connectivity index (χ2v) is 5.37. The first-order valence-electron chi connectivity index (χ1n) is 7.37. The van der Waals surface area contributed by atoms with Gasteiger partial charge in [0.05, 0.1) is 0 Å². The lowest BCUT2D eigenvalue weighted by molar-refractivity contribution is -0.130. The number of nitrogens with zero attached hydrogens (tertiary/aromatic N) is 1. The molecule has 1 unspecified atom stereocenters. The quantitative estimate of drug-likeness (QED) is 0.772. The van der Waals surface area contributed by atoms with Gasteiger partial charge in [-0.15, -0.1) is 0 Å². The molecule has 0 radical (unpaired) electrons. The standard InChI is InChI=1S/C16H24N2O2/c1-18(13-14-7-3-2-4-8-14)11-6-10-17-16(19)15-9-5-12-20-15/h2-4,7-8,15H,5-6,9-13H2,1H3,(H,17,19). The van der Waals surface area contributed by atoms with Crippen molar-refractivity contribution in [2.75, 3.05) is 26.7 Å². The maximum absolute atomic E-state index is 11.7. The molecule has 1 aliphatic rings. The fourth-order valence-electron chi connectivity index (χ4n) is 2.43. The molecule has 0 spiro atoms. The predicted molar refractivity (Wildman–Crippen MR) is 79.4 cm³/mol. The molecule has 1 atom stereocenters. The Hall–Kier alpha value is -1.39. The molecule has 4 heteroatoms. The van der Waals surface area contributed by atoms with Gasteiger partial charge in [-0.05, 0) is 38.4 Å². The van der Waals surface area contributed by atoms with Gasteiger partial charge in [0.15, 0.2) is 0 Å². The molecule has 0 saturated carbocycles. The van der Waals surface area contributed by atoms with Gasteiger partial charge in [-0.25, -0.2) is 0 Å². The van der Waals surface area contributed by atoms with Crippen molar-refractivity contribution in [3.05, 3.63) is 35.9 Å². The average Bonchev–Trinajstić information content (AvgIpc) is 2.99. The molecule has 1 fully saturated rings. The van der Waals surface area contributed by atoms with Crippen LogP contribution in [0.1, 0.15) is 24.8 Å². The average molecular weight is 276 g/mol. The molecule has 1 aromatic rings. The van der Waals surface area contributed by atoms with E-state index in [2.05, 4.69) is 41.5 Å². The van der Waals surface area contributed by atoms with E-state index in [9.17, 15) is 4.79 Å². The van der Waals surface area contributed by atoms with Gasteiger partial charge in [0, 0.05) is 19.7 Å². The van der Waals surface area contributed by atoms with Gasteiger partial charge in [-0.1, -0.05) is 30.3 Å². The van der Waals surface area contributed by atoms with Crippen molar-refractivity contribution >= 4 is 5.91 Å². The fraction of sp³-hybridized carbons (Fsp3) is 0.562. The van der Waals surface area contributed by atoms with Crippen molar-refractivity contribution in [3.8, 4) is 0 Å². The third-order valence-electron chi connectivity index (χ3n) is 3.53. The predicted octanol–water partition coefficient (Wildman–Crippen LogP) is 1.80. The zero-order valence-corrected chi connectivity index (χ0v) is 12.2. The molecule has 110 valence electrons. The third kappa shape index (κ3) is 4.94. The van der Waals surface area contributed by atoms with Crippen molar-refractivity contribution in [2.24, 2.45) is 0 Å². The van der Waals surface area contributed by atoms with Crippen molar-refractivity contribution in [1.29, 1.82) is 0 Å². The smallest absolute Gasteiger partial charge is 0.249 e. The number of rotatable bonds is 7. The topological polar surface area (TPSA) is 41.6 Å². The molecule has 1 N–H and O–H groups in total. The number of benzene rings is 1. The summed E-state index contributed by atoms with van der Waals surface area (Å²) in [6, 6.07) is 10.4. The minimum absolute atomic E-state index is 0.0493. The summed E-state index contributed by atoms with van der Waals surface area (Å²) in [6.07, 6.45) is 2.61. The van der Waals surface area contributed by atoms with E-state index in [1.165, 1.54) is 5.56 Å². The highest BCUT2D eigenvalue weighted by atomic mass is 16.5. The van der Waals surface area contributed by atoms with Crippen LogP contribution in [0.15, 0.2) is 30.3 Å². The van der Waals surface area contributed by atoms with E-state index in [0.29, 0.717) is 0 Å². The van der Waals surface area contributed by atoms with Crippen LogP contribution in [-0.2, 0) is 16.1 Å². The molecule has 0 bridgehead atoms. The van der Waals surface area contributed by atoms with E-state index in [-0.39, 0.29) is 12.0 Å². The van der Waals surface area contributed by atoms with Gasteiger partial charge in [0.25, 0.3) is 0 Å². The lowest BCUT2D eigenvalue weighted by Gasteiger charge is -2.17. The van der Waals surface area contributed by atoms with Crippen LogP contribution in [0.3, 0.4) is 0 Å². The van der Waals surface area contributed by atoms with E-state index >= 15 is 0 Å². The van der Waals surface area contributed by atoms with Gasteiger partial charge < -0.3 is 15.0 Å². The van der Waals surface area contributed by atoms with Crippen LogP contribution in [0, 0.1) is 0 Å². The van der Waals surface area contributed by atoms with E-state index < -0.39 is 0 Å². The largest absolute Gasteiger partial charge is 0.368 e. The number of nitrogens with one attached hydrogen (secondary N) is 1. The van der Waals surface area contributed by atoms with Crippen molar-refractivity contribution in [3.63, 3.8) is 0 Å². The molecule has 1 aromatic carbocycles. The normalized spacial score (nSPS) is 18.4. The van der Waals surface area contributed by atoms with Gasteiger partial charge in [0.1, 0.15) is 6.10 Å². The number of ether oxygens (including phenoxy) is 1. The highest BCUT2D eigenvalue weighted by Gasteiger charge is 2.22. The molecule has 4 nitrogen and oxygen atoms in total. The number of amides is 1. The minimum Gasteiger partial charge on any atom is -0.368 e. The first-order valence-corrected chi connectivity index (χ1v) is 7.37. The number of carbonyl (C=O) groups excluding carboxylic acids is 1. The van der Waals surface area contributed by atoms with Crippen LogP contribution >= 0.6 is 0 Å². The lowest BCUT2D eigenvalue weighted by Crippen LogP contribution is -2.35. The molecular weight excluding hydrogens is 252 g/mol. The fourth-order valence-corrected chi connectivity index (χ4v) is 2.43. The highest BCUT2D eigenvalue weighted by molar-refractivity contribution is 5.80. The zero-order valence-electron chi connectivity index (χ0n) is 12.2. The molecule has 0 aromatic heterocycles. The van der Waals surface area contributed by atoms with Crippen molar-refractivity contribution in [1.82, 2.24) is 10.2 Å². The second kappa shape index (κ2) is 8.02. The lowest BCUT2D eigenvalue weighted by atomic mass is 10.2. The van der Waals surface area contributed by atoms with E-state index in [1.807, 2.05) is 6.07 Å². The van der Waals surface area contributed by atoms with Gasteiger partial charge >= 0.3 is 0 Å². The second-order valence-electron chi connectivity index (χ2n) is 5.37. The first-order chi connectivity index (χ1) is 9.75. The maximum atomic E-state index is 11.7. The summed E-state index contributed by atoms with van der Waals surface area (Å²) < 4.78 is 5.35. The Morgan fingerprint density at radius 3 is 2.90 bits per heavy atom. The SMILES string of the molecule is CN(CCCNC(=O)C1CCCO1)Cc1ccccc1. The van der Waals surface area contributed by atoms with Crippen LogP contribution in [0.25, 0.3) is 0 Å². The summed E-state index contributed by atoms with van der Waals surface area (Å²) in [5, 5.41) is 2.95. The van der Waals surface area contributed by atoms with Crippen LogP contribution in [0.5, 0.6) is 0 Å². The third-order valence-corrected chi connectivity index (χ3v) is 3.53. The number of carbonyl (C=O) groups is 1. The summed E-state index contributed by atoms with van der Waals surface area (Å²) in [7, 11) is 2.11. The van der Waals surface area contributed by atoms with Gasteiger partial charge in [0.2, 0.25) is 5.91 Å². The summed E-state index contributed by atoms with van der Waals surface area (Å²) >= 11 is 0. The molecule has 1 aliphatic heterocycles. The Morgan fingerprint density at radius 1 is 1.40 bits per heavy atom. The minimum atomic E-state index is -0.211. The number of hydrogen-bond donors (Lipinski definition) is 1. The molecule has 0 aliphatic carbocycles. The Kier molecular flexibility index (Phi) is 6.02. The Labute approximate surface area is 121 Å². The van der Waals surface area contributed by atoms with Crippen LogP contribution in [0.4, 0.5) is 0 Å². The Bertz CT molecular complexity index is 402. The molecule has 2 rings (SSSR count). The van der Waals surface area contributed by atoms with Crippen molar-refractivity contribution in [2.45, 2.75) is 31.9 Å². The van der Waals surface area contributed by atoms with Gasteiger partial charge in [-0.2, -0.15) is 0 Å². The molecule has 1 amide bonds. The molecule has 1 saturated heterocycles. The number of hydrogen-bond acceptors (Lipinski definition) is 3. The highest BCUT2D eigenvalue weighted by Crippen LogP contribution is 2.11. The summed E-state index contributed by atoms with van der Waals surface area (Å²) in [4.78, 5) is 14.0.